The summed E-state index contributed by atoms with van der Waals surface area (Å²) >= 11 is 1.93. The molecule has 0 fully saturated rings. The fourth-order valence-electron chi connectivity index (χ4n) is 10.8. The van der Waals surface area contributed by atoms with Gasteiger partial charge in [-0.05, 0) is 145 Å². The predicted octanol–water partition coefficient (Wildman–Crippen LogP) is 17.5. The summed E-state index contributed by atoms with van der Waals surface area (Å²) in [4.78, 5) is 6.19. The molecule has 2 aliphatic carbocycles. The molecule has 11 aromatic rings. The first-order chi connectivity index (χ1) is 32.7. The van der Waals surface area contributed by atoms with Crippen LogP contribution in [0.1, 0.15) is 22.3 Å². The quantitative estimate of drug-likeness (QED) is 0.150. The first-order valence-electron chi connectivity index (χ1n) is 22.7. The molecule has 2 aliphatic rings. The Balaban J connectivity index is 1.07. The fourth-order valence-corrected chi connectivity index (χ4v) is 12.1. The van der Waals surface area contributed by atoms with E-state index in [4.69, 9.17) is 0 Å². The first-order valence-corrected chi connectivity index (χ1v) is 23.5. The molecule has 0 aliphatic heterocycles. The van der Waals surface area contributed by atoms with Gasteiger partial charge in [-0.1, -0.05) is 176 Å². The van der Waals surface area contributed by atoms with Crippen LogP contribution < -0.4 is 9.80 Å². The highest BCUT2D eigenvalue weighted by Crippen LogP contribution is 2.67. The number of rotatable bonds is 8. The molecule has 0 bridgehead atoms. The van der Waals surface area contributed by atoms with Crippen LogP contribution in [-0.2, 0) is 5.41 Å². The van der Waals surface area contributed by atoms with E-state index < -0.39 is 5.41 Å². The van der Waals surface area contributed by atoms with Crippen molar-refractivity contribution in [2.45, 2.75) is 5.41 Å². The van der Waals surface area contributed by atoms with E-state index >= 15 is 0 Å². The summed E-state index contributed by atoms with van der Waals surface area (Å²) in [7, 11) is 0. The number of fused-ring (bicyclic) bond motifs is 12. The molecular weight excluding hydrogens is 817 g/mol. The third kappa shape index (κ3) is 5.94. The normalized spacial score (nSPS) is 14.1. The highest BCUT2D eigenvalue weighted by molar-refractivity contribution is 7.22. The molecule has 1 aromatic heterocycles. The zero-order chi connectivity index (χ0) is 43.6. The molecule has 66 heavy (non-hydrogen) atoms. The van der Waals surface area contributed by atoms with Crippen molar-refractivity contribution in [1.29, 1.82) is 0 Å². The third-order valence-corrected chi connectivity index (χ3v) is 14.8. The lowest BCUT2D eigenvalue weighted by atomic mass is 9.70. The van der Waals surface area contributed by atoms with Crippen molar-refractivity contribution in [3.63, 3.8) is 0 Å². The first kappa shape index (κ1) is 38.2. The van der Waals surface area contributed by atoms with Gasteiger partial charge in [-0.15, -0.1) is 11.3 Å². The van der Waals surface area contributed by atoms with Gasteiger partial charge in [-0.3, -0.25) is 0 Å². The van der Waals surface area contributed by atoms with Crippen LogP contribution in [-0.4, -0.2) is 0 Å². The lowest BCUT2D eigenvalue weighted by Crippen LogP contribution is -2.26. The molecule has 1 atom stereocenters. The van der Waals surface area contributed by atoms with Crippen LogP contribution in [0, 0.1) is 0 Å². The van der Waals surface area contributed by atoms with Gasteiger partial charge in [0.15, 0.2) is 0 Å². The van der Waals surface area contributed by atoms with E-state index in [2.05, 4.69) is 265 Å². The fraction of sp³-hybridized carbons (Fsp3) is 0.0159. The minimum atomic E-state index is -0.587. The molecule has 0 amide bonds. The molecule has 1 heterocycles. The van der Waals surface area contributed by atoms with Crippen molar-refractivity contribution in [1.82, 2.24) is 0 Å². The van der Waals surface area contributed by atoms with Crippen LogP contribution in [0.3, 0.4) is 0 Å². The number of anilines is 6. The Morgan fingerprint density at radius 1 is 0.288 bits per heavy atom. The van der Waals surface area contributed by atoms with Crippen molar-refractivity contribution in [3.05, 3.63) is 277 Å². The lowest BCUT2D eigenvalue weighted by molar-refractivity contribution is 0.802. The molecule has 0 saturated heterocycles. The molecule has 0 N–H and O–H groups in total. The van der Waals surface area contributed by atoms with Crippen LogP contribution >= 0.6 is 11.3 Å². The molecule has 310 valence electrons. The van der Waals surface area contributed by atoms with Crippen LogP contribution in [0.4, 0.5) is 34.1 Å². The average molecular weight is 859 g/mol. The molecule has 10 aromatic carbocycles. The molecule has 0 saturated carbocycles. The highest BCUT2D eigenvalue weighted by atomic mass is 32.1. The summed E-state index contributed by atoms with van der Waals surface area (Å²) in [6, 6.07) is 93.6. The van der Waals surface area contributed by atoms with Crippen LogP contribution in [0.15, 0.2) is 255 Å². The average Bonchev–Trinajstić information content (AvgIpc) is 4.01. The van der Waals surface area contributed by atoms with Crippen molar-refractivity contribution >= 4 is 55.5 Å². The lowest BCUT2D eigenvalue weighted by Gasteiger charge is -2.33. The number of benzene rings is 10. The Kier molecular flexibility index (Phi) is 8.97. The molecule has 0 radical (unpaired) electrons. The van der Waals surface area contributed by atoms with E-state index in [0.29, 0.717) is 0 Å². The summed E-state index contributed by atoms with van der Waals surface area (Å²) in [5.74, 6) is 0. The van der Waals surface area contributed by atoms with Gasteiger partial charge < -0.3 is 9.80 Å². The van der Waals surface area contributed by atoms with Crippen LogP contribution in [0.2, 0.25) is 0 Å². The minimum absolute atomic E-state index is 0.587. The van der Waals surface area contributed by atoms with Gasteiger partial charge in [0.05, 0.1) is 5.41 Å². The van der Waals surface area contributed by atoms with Gasteiger partial charge >= 0.3 is 0 Å². The summed E-state index contributed by atoms with van der Waals surface area (Å²) in [6.45, 7) is 0. The Labute approximate surface area is 389 Å². The van der Waals surface area contributed by atoms with E-state index in [1.54, 1.807) is 0 Å². The summed E-state index contributed by atoms with van der Waals surface area (Å²) in [5, 5.41) is 1.32. The predicted molar refractivity (Wildman–Crippen MR) is 278 cm³/mol. The topological polar surface area (TPSA) is 6.48 Å². The van der Waals surface area contributed by atoms with E-state index in [1.165, 1.54) is 76.2 Å². The number of hydrogen-bond donors (Lipinski definition) is 0. The monoisotopic (exact) mass is 858 g/mol. The SMILES string of the molecule is c1ccc(-c2ccc(N(c3cccc(-c4ccccc4)c3)c3ccc4c(c3)C3(c5ccccc5-c5ccc(N(c6ccccc6)c6ccccc6)cc53)c3c-4sc4ccccc34)cc2)cc1. The van der Waals surface area contributed by atoms with Gasteiger partial charge in [0.1, 0.15) is 0 Å². The number of nitrogens with zero attached hydrogens (tertiary/aromatic N) is 2. The molecule has 1 unspecified atom stereocenters. The van der Waals surface area contributed by atoms with Crippen molar-refractivity contribution in [2.75, 3.05) is 9.80 Å². The van der Waals surface area contributed by atoms with E-state index in [9.17, 15) is 0 Å². The van der Waals surface area contributed by atoms with Crippen molar-refractivity contribution in [3.8, 4) is 43.8 Å². The van der Waals surface area contributed by atoms with Crippen LogP contribution in [0.5, 0.6) is 0 Å². The maximum Gasteiger partial charge on any atom is 0.0741 e. The molecular formula is C63H42N2S. The van der Waals surface area contributed by atoms with Gasteiger partial charge in [-0.2, -0.15) is 0 Å². The van der Waals surface area contributed by atoms with E-state index in [0.717, 1.165) is 34.1 Å². The highest BCUT2D eigenvalue weighted by Gasteiger charge is 2.54. The Morgan fingerprint density at radius 3 is 1.41 bits per heavy atom. The second-order valence-corrected chi connectivity index (χ2v) is 18.3. The standard InChI is InChI=1S/C63H42N2S/c1-5-18-43(19-6-1)45-32-34-49(35-33-45)65(50-27-17-22-46(40-50)44-20-7-2-8-21-44)52-37-39-55-59(42-52)63(61-56-29-14-16-31-60(56)66-62(55)61)57-30-15-13-28-53(57)54-38-36-51(41-58(54)63)64(47-23-9-3-10-24-47)48-25-11-4-12-26-48/h1-42H. The summed E-state index contributed by atoms with van der Waals surface area (Å²) in [5.41, 5.74) is 20.1. The zero-order valence-corrected chi connectivity index (χ0v) is 36.9. The molecule has 3 heteroatoms. The van der Waals surface area contributed by atoms with E-state index in [-0.39, 0.29) is 0 Å². The van der Waals surface area contributed by atoms with E-state index in [1.807, 2.05) is 11.3 Å². The summed E-state index contributed by atoms with van der Waals surface area (Å²) < 4.78 is 1.31. The Morgan fingerprint density at radius 2 is 0.727 bits per heavy atom. The zero-order valence-electron chi connectivity index (χ0n) is 36.1. The minimum Gasteiger partial charge on any atom is -0.310 e. The maximum absolute atomic E-state index is 2.52. The van der Waals surface area contributed by atoms with Crippen molar-refractivity contribution in [2.24, 2.45) is 0 Å². The maximum atomic E-state index is 2.52. The summed E-state index contributed by atoms with van der Waals surface area (Å²) in [6.07, 6.45) is 0. The van der Waals surface area contributed by atoms with Gasteiger partial charge in [0, 0.05) is 43.7 Å². The molecule has 2 nitrogen and oxygen atoms in total. The van der Waals surface area contributed by atoms with Gasteiger partial charge in [0.25, 0.3) is 0 Å². The molecule has 13 rings (SSSR count). The smallest absolute Gasteiger partial charge is 0.0741 e. The third-order valence-electron chi connectivity index (χ3n) is 13.6. The van der Waals surface area contributed by atoms with Gasteiger partial charge in [-0.25, -0.2) is 0 Å². The second kappa shape index (κ2) is 15.5. The number of para-hydroxylation sites is 2. The second-order valence-electron chi connectivity index (χ2n) is 17.2. The number of thiophene rings is 1. The largest absolute Gasteiger partial charge is 0.310 e. The van der Waals surface area contributed by atoms with Gasteiger partial charge in [0.2, 0.25) is 0 Å². The van der Waals surface area contributed by atoms with Crippen molar-refractivity contribution < 1.29 is 0 Å². The Hall–Kier alpha value is -8.24. The molecule has 1 spiro atoms. The number of hydrogen-bond acceptors (Lipinski definition) is 3. The van der Waals surface area contributed by atoms with Crippen LogP contribution in [0.25, 0.3) is 53.9 Å². The Bertz CT molecular complexity index is 3540.